The molecular weight excluding hydrogens is 90.1 g/mol. The van der Waals surface area contributed by atoms with Crippen molar-refractivity contribution in [3.8, 4) is 0 Å². The number of nitrogens with zero attached hydrogens (tertiary/aromatic N) is 1. The minimum absolute atomic E-state index is 0.750. The molecule has 2 heteroatoms. The van der Waals surface area contributed by atoms with Crippen molar-refractivity contribution in [3.05, 3.63) is 12.3 Å². The van der Waals surface area contributed by atoms with Crippen LogP contribution in [0, 0.1) is 0 Å². The summed E-state index contributed by atoms with van der Waals surface area (Å²) in [6.07, 6.45) is 3.88. The Morgan fingerprint density at radius 1 is 1.43 bits per heavy atom. The lowest BCUT2D eigenvalue weighted by atomic mass is 10.6. The van der Waals surface area contributed by atoms with Gasteiger partial charge < -0.3 is 4.90 Å². The molecule has 7 heavy (non-hydrogen) atoms. The highest BCUT2D eigenvalue weighted by Gasteiger charge is 1.69. The molecule has 0 aromatic rings. The highest BCUT2D eigenvalue weighted by Crippen LogP contribution is 1.71. The van der Waals surface area contributed by atoms with Crippen molar-refractivity contribution in [2.75, 3.05) is 14.1 Å². The first-order valence-electron chi connectivity index (χ1n) is 2.05. The third-order valence-electron chi connectivity index (χ3n) is 0.463. The quantitative estimate of drug-likeness (QED) is 0.365. The van der Waals surface area contributed by atoms with E-state index in [1.165, 1.54) is 6.08 Å². The summed E-state index contributed by atoms with van der Waals surface area (Å²) in [4.78, 5) is 11.4. The summed E-state index contributed by atoms with van der Waals surface area (Å²) in [6, 6.07) is 0. The van der Waals surface area contributed by atoms with Crippen LogP contribution in [-0.4, -0.2) is 25.3 Å². The van der Waals surface area contributed by atoms with Crippen LogP contribution in [-0.2, 0) is 4.79 Å². The number of aldehydes is 1. The van der Waals surface area contributed by atoms with Crippen molar-refractivity contribution in [3.63, 3.8) is 0 Å². The highest BCUT2D eigenvalue weighted by atomic mass is 16.1. The van der Waals surface area contributed by atoms with Gasteiger partial charge in [-0.3, -0.25) is 4.79 Å². The Balaban J connectivity index is 3.25. The van der Waals surface area contributed by atoms with E-state index in [2.05, 4.69) is 0 Å². The molecule has 0 atom stereocenters. The monoisotopic (exact) mass is 99.1 g/mol. The molecule has 0 saturated heterocycles. The van der Waals surface area contributed by atoms with E-state index in [0.717, 1.165) is 6.29 Å². The topological polar surface area (TPSA) is 20.3 Å². The molecule has 0 heterocycles. The van der Waals surface area contributed by atoms with Gasteiger partial charge in [0.15, 0.2) is 0 Å². The molecule has 2 nitrogen and oxygen atoms in total. The fourth-order valence-electron chi connectivity index (χ4n) is 0.207. The zero-order valence-electron chi connectivity index (χ0n) is 4.59. The molecule has 0 bridgehead atoms. The Labute approximate surface area is 43.4 Å². The Hall–Kier alpha value is -0.790. The van der Waals surface area contributed by atoms with Gasteiger partial charge in [-0.2, -0.15) is 0 Å². The van der Waals surface area contributed by atoms with Crippen LogP contribution in [0.1, 0.15) is 0 Å². The van der Waals surface area contributed by atoms with Crippen LogP contribution in [0.2, 0.25) is 0 Å². The molecule has 0 aliphatic carbocycles. The van der Waals surface area contributed by atoms with E-state index >= 15 is 0 Å². The van der Waals surface area contributed by atoms with Gasteiger partial charge in [-0.05, 0) is 6.08 Å². The van der Waals surface area contributed by atoms with E-state index in [1.807, 2.05) is 14.1 Å². The number of carbonyl (C=O) groups is 1. The lowest BCUT2D eigenvalue weighted by molar-refractivity contribution is -0.104. The van der Waals surface area contributed by atoms with E-state index in [0.29, 0.717) is 0 Å². The molecule has 0 fully saturated rings. The van der Waals surface area contributed by atoms with E-state index < -0.39 is 0 Å². The lowest BCUT2D eigenvalue weighted by Crippen LogP contribution is -1.99. The minimum atomic E-state index is 0.750. The summed E-state index contributed by atoms with van der Waals surface area (Å²) in [5.41, 5.74) is 0. The number of hydrogen-bond donors (Lipinski definition) is 0. The van der Waals surface area contributed by atoms with Crippen molar-refractivity contribution in [2.24, 2.45) is 0 Å². The first kappa shape index (κ1) is 6.21. The van der Waals surface area contributed by atoms with Crippen LogP contribution in [0.15, 0.2) is 12.3 Å². The zero-order chi connectivity index (χ0) is 5.70. The first-order chi connectivity index (χ1) is 3.27. The fraction of sp³-hybridized carbons (Fsp3) is 0.400. The molecule has 0 N–H and O–H groups in total. The third kappa shape index (κ3) is 5.21. The molecule has 0 aromatic heterocycles. The van der Waals surface area contributed by atoms with Crippen LogP contribution in [0.25, 0.3) is 0 Å². The van der Waals surface area contributed by atoms with E-state index in [9.17, 15) is 4.79 Å². The smallest absolute Gasteiger partial charge is 0.144 e. The largest absolute Gasteiger partial charge is 0.383 e. The predicted octanol–water partition coefficient (Wildman–Crippen LogP) is 0.261. The van der Waals surface area contributed by atoms with Gasteiger partial charge in [0.05, 0.1) is 0 Å². The zero-order valence-corrected chi connectivity index (χ0v) is 4.59. The van der Waals surface area contributed by atoms with Crippen LogP contribution < -0.4 is 0 Å². The van der Waals surface area contributed by atoms with Crippen molar-refractivity contribution in [1.29, 1.82) is 0 Å². The fourth-order valence-corrected chi connectivity index (χ4v) is 0.207. The molecule has 0 unspecified atom stereocenters. The summed E-state index contributed by atoms with van der Waals surface area (Å²) in [5, 5.41) is 0. The number of hydrogen-bond acceptors (Lipinski definition) is 2. The van der Waals surface area contributed by atoms with Crippen molar-refractivity contribution < 1.29 is 4.79 Å². The summed E-state index contributed by atoms with van der Waals surface area (Å²) < 4.78 is 0. The number of allylic oxidation sites excluding steroid dienone is 1. The lowest BCUT2D eigenvalue weighted by Gasteiger charge is -1.99. The van der Waals surface area contributed by atoms with Gasteiger partial charge in [0.25, 0.3) is 0 Å². The van der Waals surface area contributed by atoms with E-state index in [4.69, 9.17) is 0 Å². The van der Waals surface area contributed by atoms with E-state index in [-0.39, 0.29) is 0 Å². The summed E-state index contributed by atoms with van der Waals surface area (Å²) >= 11 is 0. The Bertz CT molecular complexity index is 76.1. The average Bonchev–Trinajstić information content (AvgIpc) is 1.61. The van der Waals surface area contributed by atoms with Crippen molar-refractivity contribution in [2.45, 2.75) is 0 Å². The maximum atomic E-state index is 9.60. The molecule has 0 spiro atoms. The van der Waals surface area contributed by atoms with Crippen molar-refractivity contribution in [1.82, 2.24) is 4.90 Å². The SMILES string of the molecule is CN(C)/C=C/C=O. The van der Waals surface area contributed by atoms with Gasteiger partial charge >= 0.3 is 0 Å². The Morgan fingerprint density at radius 3 is 2.14 bits per heavy atom. The number of carbonyl (C=O) groups excluding carboxylic acids is 1. The van der Waals surface area contributed by atoms with Gasteiger partial charge in [-0.25, -0.2) is 0 Å². The molecule has 0 rings (SSSR count). The van der Waals surface area contributed by atoms with Gasteiger partial charge in [-0.15, -0.1) is 0 Å². The summed E-state index contributed by atoms with van der Waals surface area (Å²) in [7, 11) is 3.72. The third-order valence-corrected chi connectivity index (χ3v) is 0.463. The summed E-state index contributed by atoms with van der Waals surface area (Å²) in [5.74, 6) is 0. The standard InChI is InChI=1S/C5H9NO/c1-6(2)4-3-5-7/h3-5H,1-2H3/b4-3+. The molecule has 0 radical (unpaired) electrons. The van der Waals surface area contributed by atoms with Gasteiger partial charge in [0.2, 0.25) is 0 Å². The predicted molar refractivity (Wildman–Crippen MR) is 28.9 cm³/mol. The molecule has 0 aliphatic heterocycles. The molecule has 40 valence electrons. The maximum absolute atomic E-state index is 9.60. The first-order valence-corrected chi connectivity index (χ1v) is 2.05. The minimum Gasteiger partial charge on any atom is -0.383 e. The Kier molecular flexibility index (Phi) is 3.02. The van der Waals surface area contributed by atoms with Gasteiger partial charge in [-0.1, -0.05) is 0 Å². The van der Waals surface area contributed by atoms with Crippen molar-refractivity contribution >= 4 is 6.29 Å². The van der Waals surface area contributed by atoms with Crippen LogP contribution in [0.5, 0.6) is 0 Å². The Morgan fingerprint density at radius 2 is 2.00 bits per heavy atom. The van der Waals surface area contributed by atoms with Crippen LogP contribution >= 0.6 is 0 Å². The summed E-state index contributed by atoms with van der Waals surface area (Å²) in [6.45, 7) is 0. The van der Waals surface area contributed by atoms with Crippen LogP contribution in [0.3, 0.4) is 0 Å². The van der Waals surface area contributed by atoms with E-state index in [1.54, 1.807) is 11.1 Å². The normalized spacial score (nSPS) is 9.43. The van der Waals surface area contributed by atoms with Gasteiger partial charge in [0, 0.05) is 20.3 Å². The van der Waals surface area contributed by atoms with Crippen LogP contribution in [0.4, 0.5) is 0 Å². The molecule has 0 amide bonds. The number of rotatable bonds is 2. The highest BCUT2D eigenvalue weighted by molar-refractivity contribution is 5.64. The maximum Gasteiger partial charge on any atom is 0.144 e. The second-order valence-electron chi connectivity index (χ2n) is 1.44. The molecular formula is C5H9NO. The second-order valence-corrected chi connectivity index (χ2v) is 1.44. The second kappa shape index (κ2) is 3.40. The molecule has 0 saturated carbocycles. The molecule has 0 aromatic carbocycles. The average molecular weight is 99.1 g/mol. The van der Waals surface area contributed by atoms with Gasteiger partial charge in [0.1, 0.15) is 6.29 Å². The molecule has 0 aliphatic rings.